The van der Waals surface area contributed by atoms with Gasteiger partial charge in [-0.3, -0.25) is 0 Å². The predicted octanol–water partition coefficient (Wildman–Crippen LogP) is 0.731. The Morgan fingerprint density at radius 3 is 2.78 bits per heavy atom. The van der Waals surface area contributed by atoms with E-state index in [1.54, 1.807) is 16.2 Å². The first-order chi connectivity index (χ1) is 8.65. The monoisotopic (exact) mass is 284 g/mol. The van der Waals surface area contributed by atoms with Crippen LogP contribution in [0.1, 0.15) is 19.4 Å². The predicted molar refractivity (Wildman–Crippen MR) is 81.2 cm³/mol. The maximum absolute atomic E-state index is 5.41. The molecule has 1 saturated heterocycles. The summed E-state index contributed by atoms with van der Waals surface area (Å²) in [6, 6.07) is 2.66. The number of hydrogen-bond donors (Lipinski definition) is 2. The summed E-state index contributed by atoms with van der Waals surface area (Å²) >= 11 is 7.20. The van der Waals surface area contributed by atoms with E-state index in [1.165, 1.54) is 18.7 Å². The summed E-state index contributed by atoms with van der Waals surface area (Å²) < 4.78 is 0. The highest BCUT2D eigenvalue weighted by Crippen LogP contribution is 2.04. The Morgan fingerprint density at radius 2 is 2.22 bits per heavy atom. The highest BCUT2D eigenvalue weighted by molar-refractivity contribution is 7.80. The first-order valence-electron chi connectivity index (χ1n) is 6.55. The zero-order valence-electron chi connectivity index (χ0n) is 11.1. The minimum absolute atomic E-state index is 0.425. The van der Waals surface area contributed by atoms with Crippen LogP contribution in [0, 0.1) is 0 Å². The molecule has 0 unspecified atom stereocenters. The van der Waals surface area contributed by atoms with Crippen LogP contribution in [0.5, 0.6) is 0 Å². The molecule has 1 aliphatic rings. The summed E-state index contributed by atoms with van der Waals surface area (Å²) in [5.41, 5.74) is 1.46. The molecule has 5 heteroatoms. The maximum Gasteiger partial charge on any atom is 0.169 e. The van der Waals surface area contributed by atoms with Crippen LogP contribution in [0.4, 0.5) is 0 Å². The van der Waals surface area contributed by atoms with Crippen LogP contribution in [-0.4, -0.2) is 42.2 Å². The van der Waals surface area contributed by atoms with E-state index in [9.17, 15) is 0 Å². The molecular weight excluding hydrogens is 262 g/mol. The second kappa shape index (κ2) is 6.50. The van der Waals surface area contributed by atoms with Crippen LogP contribution in [0.25, 0.3) is 0 Å². The molecule has 0 radical (unpaired) electrons. The molecule has 3 nitrogen and oxygen atoms in total. The molecule has 2 N–H and O–H groups in total. The van der Waals surface area contributed by atoms with Gasteiger partial charge in [-0.2, -0.15) is 11.3 Å². The average molecular weight is 284 g/mol. The molecule has 0 aliphatic carbocycles. The number of hydrogen-bond acceptors (Lipinski definition) is 2. The third-order valence-corrected chi connectivity index (χ3v) is 4.31. The van der Waals surface area contributed by atoms with Crippen molar-refractivity contribution in [2.24, 2.45) is 0 Å². The van der Waals surface area contributed by atoms with E-state index in [0.717, 1.165) is 24.7 Å². The fourth-order valence-electron chi connectivity index (χ4n) is 2.22. The maximum atomic E-state index is 5.41. The van der Waals surface area contributed by atoms with Gasteiger partial charge in [0.25, 0.3) is 0 Å². The summed E-state index contributed by atoms with van der Waals surface area (Å²) in [6.45, 7) is 9.90. The van der Waals surface area contributed by atoms with Crippen LogP contribution < -0.4 is 10.2 Å². The van der Waals surface area contributed by atoms with Gasteiger partial charge in [0, 0.05) is 11.6 Å². The van der Waals surface area contributed by atoms with Crippen LogP contribution in [0.2, 0.25) is 0 Å². The van der Waals surface area contributed by atoms with Gasteiger partial charge in [0.05, 0.1) is 26.2 Å². The van der Waals surface area contributed by atoms with E-state index >= 15 is 0 Å². The second-order valence-corrected chi connectivity index (χ2v) is 6.32. The standard InChI is InChI=1S/C13H21N3S2/c1-11(2)14-13(17)16-6-4-15(5-7-16)9-12-3-8-18-10-12/h3,8,10-11H,4-7,9H2,1-2H3,(H,14,17)/p+1. The number of nitrogens with one attached hydrogen (secondary N) is 2. The van der Waals surface area contributed by atoms with E-state index < -0.39 is 0 Å². The molecule has 1 aliphatic heterocycles. The minimum atomic E-state index is 0.425. The van der Waals surface area contributed by atoms with E-state index in [1.807, 2.05) is 0 Å². The summed E-state index contributed by atoms with van der Waals surface area (Å²) in [5, 5.41) is 8.65. The zero-order valence-corrected chi connectivity index (χ0v) is 12.7. The molecule has 0 aromatic carbocycles. The normalized spacial score (nSPS) is 17.2. The third-order valence-electron chi connectivity index (χ3n) is 3.20. The molecule has 100 valence electrons. The van der Waals surface area contributed by atoms with Gasteiger partial charge >= 0.3 is 0 Å². The van der Waals surface area contributed by atoms with Crippen molar-refractivity contribution in [1.82, 2.24) is 10.2 Å². The fourth-order valence-corrected chi connectivity index (χ4v) is 3.31. The third kappa shape index (κ3) is 3.93. The van der Waals surface area contributed by atoms with Crippen LogP contribution in [-0.2, 0) is 6.54 Å². The summed E-state index contributed by atoms with van der Waals surface area (Å²) in [4.78, 5) is 3.96. The van der Waals surface area contributed by atoms with Crippen molar-refractivity contribution in [3.05, 3.63) is 22.4 Å². The Labute approximate surface area is 119 Å². The van der Waals surface area contributed by atoms with E-state index in [4.69, 9.17) is 12.2 Å². The molecule has 0 spiro atoms. The number of thiophene rings is 1. The van der Waals surface area contributed by atoms with Crippen LogP contribution >= 0.6 is 23.6 Å². The summed E-state index contributed by atoms with van der Waals surface area (Å²) in [7, 11) is 0. The summed E-state index contributed by atoms with van der Waals surface area (Å²) in [5.74, 6) is 0. The van der Waals surface area contributed by atoms with Crippen LogP contribution in [0.15, 0.2) is 16.8 Å². The van der Waals surface area contributed by atoms with Crippen molar-refractivity contribution in [3.8, 4) is 0 Å². The molecule has 1 aromatic heterocycles. The Hall–Kier alpha value is -0.650. The zero-order chi connectivity index (χ0) is 13.0. The van der Waals surface area contributed by atoms with E-state index in [0.29, 0.717) is 6.04 Å². The quantitative estimate of drug-likeness (QED) is 0.799. The Kier molecular flexibility index (Phi) is 4.97. The van der Waals surface area contributed by atoms with Crippen molar-refractivity contribution in [2.75, 3.05) is 26.2 Å². The lowest BCUT2D eigenvalue weighted by molar-refractivity contribution is -0.917. The minimum Gasteiger partial charge on any atom is -0.360 e. The molecule has 0 atom stereocenters. The number of quaternary nitrogens is 1. The first-order valence-corrected chi connectivity index (χ1v) is 7.90. The number of nitrogens with zero attached hydrogens (tertiary/aromatic N) is 1. The van der Waals surface area contributed by atoms with E-state index in [-0.39, 0.29) is 0 Å². The molecular formula is C13H22N3S2+. The Morgan fingerprint density at radius 1 is 1.50 bits per heavy atom. The number of thiocarbonyl (C=S) groups is 1. The molecule has 0 amide bonds. The topological polar surface area (TPSA) is 19.7 Å². The average Bonchev–Trinajstić information content (AvgIpc) is 2.82. The van der Waals surface area contributed by atoms with Gasteiger partial charge in [-0.05, 0) is 42.9 Å². The van der Waals surface area contributed by atoms with Crippen molar-refractivity contribution < 1.29 is 4.90 Å². The molecule has 18 heavy (non-hydrogen) atoms. The Balaban J connectivity index is 1.76. The van der Waals surface area contributed by atoms with Gasteiger partial charge in [-0.25, -0.2) is 0 Å². The fraction of sp³-hybridized carbons (Fsp3) is 0.615. The Bertz CT molecular complexity index is 368. The van der Waals surface area contributed by atoms with Gasteiger partial charge < -0.3 is 15.1 Å². The van der Waals surface area contributed by atoms with Crippen molar-refractivity contribution in [1.29, 1.82) is 0 Å². The van der Waals surface area contributed by atoms with Crippen molar-refractivity contribution in [3.63, 3.8) is 0 Å². The van der Waals surface area contributed by atoms with E-state index in [2.05, 4.69) is 40.9 Å². The second-order valence-electron chi connectivity index (χ2n) is 5.15. The number of rotatable bonds is 3. The van der Waals surface area contributed by atoms with Crippen molar-refractivity contribution >= 4 is 28.7 Å². The lowest BCUT2D eigenvalue weighted by Gasteiger charge is -2.34. The van der Waals surface area contributed by atoms with Gasteiger partial charge in [0.2, 0.25) is 0 Å². The van der Waals surface area contributed by atoms with Gasteiger partial charge in [0.1, 0.15) is 6.54 Å². The van der Waals surface area contributed by atoms with Gasteiger partial charge in [-0.15, -0.1) is 0 Å². The molecule has 0 saturated carbocycles. The SMILES string of the molecule is CC(C)NC(=S)N1CC[NH+](Cc2ccsc2)CC1. The molecule has 1 aromatic rings. The largest absolute Gasteiger partial charge is 0.360 e. The lowest BCUT2D eigenvalue weighted by atomic mass is 10.2. The molecule has 1 fully saturated rings. The molecule has 2 rings (SSSR count). The first kappa shape index (κ1) is 13.8. The van der Waals surface area contributed by atoms with Crippen molar-refractivity contribution in [2.45, 2.75) is 26.4 Å². The highest BCUT2D eigenvalue weighted by Gasteiger charge is 2.21. The van der Waals surface area contributed by atoms with Gasteiger partial charge in [-0.1, -0.05) is 0 Å². The van der Waals surface area contributed by atoms with Crippen LogP contribution in [0.3, 0.4) is 0 Å². The summed E-state index contributed by atoms with van der Waals surface area (Å²) in [6.07, 6.45) is 0. The highest BCUT2D eigenvalue weighted by atomic mass is 32.1. The lowest BCUT2D eigenvalue weighted by Crippen LogP contribution is -3.13. The van der Waals surface area contributed by atoms with Gasteiger partial charge in [0.15, 0.2) is 5.11 Å². The molecule has 2 heterocycles. The number of piperazine rings is 1. The molecule has 0 bridgehead atoms. The smallest absolute Gasteiger partial charge is 0.169 e.